The molecule has 0 amide bonds. The van der Waals surface area contributed by atoms with Crippen molar-refractivity contribution in [1.29, 1.82) is 0 Å². The summed E-state index contributed by atoms with van der Waals surface area (Å²) in [5, 5.41) is 29.6. The van der Waals surface area contributed by atoms with E-state index < -0.39 is 24.5 Å². The van der Waals surface area contributed by atoms with Gasteiger partial charge in [0.2, 0.25) is 0 Å². The van der Waals surface area contributed by atoms with Crippen LogP contribution in [0.25, 0.3) is 11.0 Å². The smallest absolute Gasteiger partial charge is 0.164 e. The predicted molar refractivity (Wildman–Crippen MR) is 68.3 cm³/mol. The first-order valence-electron chi connectivity index (χ1n) is 6.08. The topological polar surface area (TPSA) is 139 Å². The highest BCUT2D eigenvalue weighted by Crippen LogP contribution is 2.32. The molecule has 0 saturated carbocycles. The summed E-state index contributed by atoms with van der Waals surface area (Å²) in [4.78, 5) is 8.10. The second-order valence-electron chi connectivity index (χ2n) is 4.56. The molecule has 0 radical (unpaired) electrons. The van der Waals surface area contributed by atoms with Gasteiger partial charge < -0.3 is 30.0 Å². The number of aromatic nitrogens is 3. The lowest BCUT2D eigenvalue weighted by atomic mass is 10.1. The Kier molecular flexibility index (Phi) is 3.28. The number of nitrogens with two attached hydrogens (primary N) is 1. The number of rotatable bonds is 3. The van der Waals surface area contributed by atoms with Crippen molar-refractivity contribution in [3.63, 3.8) is 0 Å². The summed E-state index contributed by atoms with van der Waals surface area (Å²) in [5.74, 6) is 5.81. The average molecular weight is 281 g/mol. The molecule has 108 valence electrons. The first kappa shape index (κ1) is 13.2. The fourth-order valence-electron chi connectivity index (χ4n) is 2.40. The zero-order valence-electron chi connectivity index (χ0n) is 10.4. The quantitative estimate of drug-likeness (QED) is 0.332. The van der Waals surface area contributed by atoms with Crippen molar-refractivity contribution in [3.05, 3.63) is 18.6 Å². The number of nitrogens with zero attached hydrogens (tertiary/aromatic N) is 3. The van der Waals surface area contributed by atoms with E-state index >= 15 is 0 Å². The molecule has 6 N–H and O–H groups in total. The monoisotopic (exact) mass is 281 g/mol. The van der Waals surface area contributed by atoms with Crippen LogP contribution in [0.1, 0.15) is 6.23 Å². The summed E-state index contributed by atoms with van der Waals surface area (Å²) in [5.41, 5.74) is 2.96. The van der Waals surface area contributed by atoms with E-state index in [1.165, 1.54) is 6.33 Å². The molecule has 0 bridgehead atoms. The lowest BCUT2D eigenvalue weighted by molar-refractivity contribution is -0.0508. The Morgan fingerprint density at radius 1 is 1.35 bits per heavy atom. The molecule has 2 aromatic rings. The first-order chi connectivity index (χ1) is 9.67. The zero-order chi connectivity index (χ0) is 14.3. The molecule has 9 nitrogen and oxygen atoms in total. The third kappa shape index (κ3) is 1.84. The van der Waals surface area contributed by atoms with Crippen LogP contribution in [0.4, 0.5) is 5.82 Å². The van der Waals surface area contributed by atoms with Crippen molar-refractivity contribution < 1.29 is 20.1 Å². The molecule has 3 heterocycles. The minimum Gasteiger partial charge on any atom is -0.394 e. The maximum Gasteiger partial charge on any atom is 0.164 e. The summed E-state index contributed by atoms with van der Waals surface area (Å²) in [6.07, 6.45) is -1.000. The minimum atomic E-state index is -1.16. The molecule has 0 spiro atoms. The first-order valence-corrected chi connectivity index (χ1v) is 6.08. The van der Waals surface area contributed by atoms with Gasteiger partial charge in [0.05, 0.1) is 12.0 Å². The number of fused-ring (bicyclic) bond motifs is 1. The summed E-state index contributed by atoms with van der Waals surface area (Å²) < 4.78 is 7.03. The van der Waals surface area contributed by atoms with Crippen LogP contribution in [0, 0.1) is 0 Å². The molecule has 4 atom stereocenters. The Balaban J connectivity index is 2.03. The number of ether oxygens (including phenoxy) is 1. The van der Waals surface area contributed by atoms with Crippen molar-refractivity contribution >= 4 is 16.9 Å². The number of hydrogen-bond acceptors (Lipinski definition) is 8. The van der Waals surface area contributed by atoms with Crippen LogP contribution in [-0.4, -0.2) is 54.8 Å². The Morgan fingerprint density at radius 3 is 2.80 bits per heavy atom. The number of aliphatic hydroxyl groups is 3. The molecular weight excluding hydrogens is 266 g/mol. The second kappa shape index (κ2) is 4.96. The molecule has 2 aromatic heterocycles. The predicted octanol–water partition coefficient (Wildman–Crippen LogP) is -1.67. The van der Waals surface area contributed by atoms with Gasteiger partial charge in [0.1, 0.15) is 30.3 Å². The maximum absolute atomic E-state index is 10.0. The van der Waals surface area contributed by atoms with Gasteiger partial charge in [-0.3, -0.25) is 0 Å². The molecule has 1 saturated heterocycles. The third-order valence-electron chi connectivity index (χ3n) is 3.44. The fraction of sp³-hybridized carbons (Fsp3) is 0.455. The molecule has 0 aromatic carbocycles. The molecule has 0 aliphatic carbocycles. The van der Waals surface area contributed by atoms with E-state index in [1.54, 1.807) is 16.8 Å². The van der Waals surface area contributed by atoms with Crippen LogP contribution in [-0.2, 0) is 4.74 Å². The second-order valence-corrected chi connectivity index (χ2v) is 4.56. The number of hydrazine groups is 1. The average Bonchev–Trinajstić information content (AvgIpc) is 3.01. The van der Waals surface area contributed by atoms with E-state index in [9.17, 15) is 10.2 Å². The minimum absolute atomic E-state index is 0.376. The van der Waals surface area contributed by atoms with Crippen LogP contribution in [0.5, 0.6) is 0 Å². The molecule has 0 unspecified atom stereocenters. The van der Waals surface area contributed by atoms with Crippen LogP contribution < -0.4 is 11.3 Å². The Bertz CT molecular complexity index is 618. The summed E-state index contributed by atoms with van der Waals surface area (Å²) in [7, 11) is 0. The highest BCUT2D eigenvalue weighted by Gasteiger charge is 2.43. The van der Waals surface area contributed by atoms with Crippen molar-refractivity contribution in [2.24, 2.45) is 5.84 Å². The Hall–Kier alpha value is -1.78. The van der Waals surface area contributed by atoms with Crippen LogP contribution in [0.2, 0.25) is 0 Å². The van der Waals surface area contributed by atoms with Gasteiger partial charge in [0.25, 0.3) is 0 Å². The van der Waals surface area contributed by atoms with Crippen molar-refractivity contribution in [1.82, 2.24) is 14.5 Å². The standard InChI is InChI=1S/C11H15N5O4/c12-15-9-5-1-2-16(10(5)14-4-13-9)11-8(19)7(18)6(3-17)20-11/h1-2,4,6-8,11,17-19H,3,12H2,(H,13,14,15)/t6-,7-,8-,11-/m1/s1. The normalized spacial score (nSPS) is 30.0. The van der Waals surface area contributed by atoms with Gasteiger partial charge in [0, 0.05) is 6.20 Å². The zero-order valence-corrected chi connectivity index (χ0v) is 10.4. The van der Waals surface area contributed by atoms with Gasteiger partial charge in [-0.15, -0.1) is 0 Å². The van der Waals surface area contributed by atoms with Gasteiger partial charge >= 0.3 is 0 Å². The number of hydrogen-bond donors (Lipinski definition) is 5. The largest absolute Gasteiger partial charge is 0.394 e. The maximum atomic E-state index is 10.0. The molecule has 1 aliphatic rings. The molecule has 1 aliphatic heterocycles. The highest BCUT2D eigenvalue weighted by atomic mass is 16.6. The van der Waals surface area contributed by atoms with Gasteiger partial charge in [-0.05, 0) is 6.07 Å². The van der Waals surface area contributed by atoms with E-state index in [4.69, 9.17) is 15.7 Å². The van der Waals surface area contributed by atoms with Gasteiger partial charge in [-0.1, -0.05) is 0 Å². The molecule has 9 heteroatoms. The van der Waals surface area contributed by atoms with E-state index in [0.29, 0.717) is 16.9 Å². The Morgan fingerprint density at radius 2 is 2.15 bits per heavy atom. The van der Waals surface area contributed by atoms with E-state index in [-0.39, 0.29) is 6.61 Å². The van der Waals surface area contributed by atoms with Crippen molar-refractivity contribution in [3.8, 4) is 0 Å². The third-order valence-corrected chi connectivity index (χ3v) is 3.44. The van der Waals surface area contributed by atoms with Crippen LogP contribution >= 0.6 is 0 Å². The van der Waals surface area contributed by atoms with Gasteiger partial charge in [-0.25, -0.2) is 15.8 Å². The number of nitrogens with one attached hydrogen (secondary N) is 1. The van der Waals surface area contributed by atoms with Gasteiger partial charge in [-0.2, -0.15) is 0 Å². The summed E-state index contributed by atoms with van der Waals surface area (Å²) in [6, 6.07) is 1.72. The summed E-state index contributed by atoms with van der Waals surface area (Å²) in [6.45, 7) is -0.376. The Labute approximate surface area is 113 Å². The lowest BCUT2D eigenvalue weighted by Crippen LogP contribution is -2.33. The fourth-order valence-corrected chi connectivity index (χ4v) is 2.40. The molecule has 1 fully saturated rings. The van der Waals surface area contributed by atoms with Gasteiger partial charge in [0.15, 0.2) is 12.0 Å². The van der Waals surface area contributed by atoms with Crippen molar-refractivity contribution in [2.75, 3.05) is 12.0 Å². The SMILES string of the molecule is NNc1ncnc2c1ccn2[C@@H]1O[C@H](CO)[C@@H](O)[C@H]1O. The van der Waals surface area contributed by atoms with E-state index in [2.05, 4.69) is 15.4 Å². The summed E-state index contributed by atoms with van der Waals surface area (Å²) >= 11 is 0. The number of anilines is 1. The molecular formula is C11H15N5O4. The van der Waals surface area contributed by atoms with Crippen LogP contribution in [0.3, 0.4) is 0 Å². The van der Waals surface area contributed by atoms with E-state index in [0.717, 1.165) is 0 Å². The highest BCUT2D eigenvalue weighted by molar-refractivity contribution is 5.87. The number of nitrogen functional groups attached to an aromatic ring is 1. The lowest BCUT2D eigenvalue weighted by Gasteiger charge is -2.17. The van der Waals surface area contributed by atoms with E-state index in [1.807, 2.05) is 0 Å². The van der Waals surface area contributed by atoms with Crippen molar-refractivity contribution in [2.45, 2.75) is 24.5 Å². The molecule has 3 rings (SSSR count). The number of aliphatic hydroxyl groups excluding tert-OH is 3. The molecule has 20 heavy (non-hydrogen) atoms. The van der Waals surface area contributed by atoms with Crippen LogP contribution in [0.15, 0.2) is 18.6 Å².